The molecule has 31 heavy (non-hydrogen) atoms. The van der Waals surface area contributed by atoms with Gasteiger partial charge in [0.05, 0.1) is 11.3 Å². The van der Waals surface area contributed by atoms with Crippen LogP contribution in [-0.2, 0) is 14.4 Å². The van der Waals surface area contributed by atoms with Gasteiger partial charge in [0.2, 0.25) is 0 Å². The predicted octanol–water partition coefficient (Wildman–Crippen LogP) is 1.93. The molecule has 160 valence electrons. The average Bonchev–Trinajstić information content (AvgIpc) is 2.82. The third-order valence-electron chi connectivity index (χ3n) is 5.13. The Balaban J connectivity index is 1.37. The lowest BCUT2D eigenvalue weighted by molar-refractivity contribution is -0.136. The van der Waals surface area contributed by atoms with Gasteiger partial charge in [0.25, 0.3) is 5.91 Å². The highest BCUT2D eigenvalue weighted by Gasteiger charge is 2.24. The lowest BCUT2D eigenvalue weighted by atomic mass is 9.96. The van der Waals surface area contributed by atoms with Gasteiger partial charge in [-0.05, 0) is 43.0 Å². The zero-order valence-corrected chi connectivity index (χ0v) is 17.0. The van der Waals surface area contributed by atoms with E-state index < -0.39 is 11.8 Å². The minimum Gasteiger partial charge on any atom is -0.484 e. The second-order valence-electron chi connectivity index (χ2n) is 7.25. The average molecular weight is 420 g/mol. The van der Waals surface area contributed by atoms with Gasteiger partial charge in [0.1, 0.15) is 11.8 Å². The number of likely N-dealkylation sites (tertiary alicyclic amines) is 1. The highest BCUT2D eigenvalue weighted by atomic mass is 16.5. The molecule has 1 aliphatic rings. The highest BCUT2D eigenvalue weighted by molar-refractivity contribution is 6.39. The van der Waals surface area contributed by atoms with Crippen LogP contribution in [0.3, 0.4) is 0 Å². The Bertz CT molecular complexity index is 963. The molecule has 8 nitrogen and oxygen atoms in total. The van der Waals surface area contributed by atoms with Gasteiger partial charge in [0, 0.05) is 19.6 Å². The Morgan fingerprint density at radius 2 is 1.68 bits per heavy atom. The summed E-state index contributed by atoms with van der Waals surface area (Å²) in [5, 5.41) is 14.2. The van der Waals surface area contributed by atoms with Gasteiger partial charge in [-0.15, -0.1) is 0 Å². The Labute approximate surface area is 180 Å². The Hall–Kier alpha value is -3.86. The van der Waals surface area contributed by atoms with Crippen LogP contribution in [0.5, 0.6) is 5.75 Å². The number of hydrogen-bond acceptors (Lipinski definition) is 5. The second kappa shape index (κ2) is 10.8. The van der Waals surface area contributed by atoms with Crippen molar-refractivity contribution in [2.75, 3.05) is 31.6 Å². The zero-order chi connectivity index (χ0) is 22.1. The first-order valence-corrected chi connectivity index (χ1v) is 10.1. The van der Waals surface area contributed by atoms with Crippen molar-refractivity contribution in [1.82, 2.24) is 10.2 Å². The van der Waals surface area contributed by atoms with E-state index in [1.54, 1.807) is 41.3 Å². The third kappa shape index (κ3) is 6.31. The molecule has 2 N–H and O–H groups in total. The van der Waals surface area contributed by atoms with E-state index >= 15 is 0 Å². The van der Waals surface area contributed by atoms with Gasteiger partial charge in [0.15, 0.2) is 6.61 Å². The number of para-hydroxylation sites is 2. The van der Waals surface area contributed by atoms with Crippen molar-refractivity contribution in [2.45, 2.75) is 12.8 Å². The van der Waals surface area contributed by atoms with Crippen LogP contribution in [-0.4, -0.2) is 48.9 Å². The fourth-order valence-corrected chi connectivity index (χ4v) is 3.33. The summed E-state index contributed by atoms with van der Waals surface area (Å²) >= 11 is 0. The fraction of sp³-hybridized carbons (Fsp3) is 0.304. The van der Waals surface area contributed by atoms with Crippen molar-refractivity contribution in [3.8, 4) is 11.8 Å². The van der Waals surface area contributed by atoms with Crippen LogP contribution in [0.25, 0.3) is 0 Å². The number of carbonyl (C=O) groups excluding carboxylic acids is 3. The largest absolute Gasteiger partial charge is 0.484 e. The zero-order valence-electron chi connectivity index (χ0n) is 17.0. The molecule has 0 bridgehead atoms. The molecule has 3 amide bonds. The number of anilines is 1. The van der Waals surface area contributed by atoms with E-state index in [2.05, 4.69) is 10.6 Å². The van der Waals surface area contributed by atoms with Crippen LogP contribution in [0.4, 0.5) is 5.69 Å². The summed E-state index contributed by atoms with van der Waals surface area (Å²) < 4.78 is 5.51. The number of benzene rings is 2. The normalized spacial score (nSPS) is 13.7. The van der Waals surface area contributed by atoms with Crippen molar-refractivity contribution in [3.63, 3.8) is 0 Å². The third-order valence-corrected chi connectivity index (χ3v) is 5.13. The number of nitrogens with zero attached hydrogens (tertiary/aromatic N) is 2. The van der Waals surface area contributed by atoms with Crippen LogP contribution in [0.2, 0.25) is 0 Å². The molecule has 1 aliphatic heterocycles. The maximum absolute atomic E-state index is 12.3. The SMILES string of the molecule is N#Cc1ccccc1NC(=O)C(=O)NCC1CCN(C(=O)COc2ccccc2)CC1. The van der Waals surface area contributed by atoms with E-state index in [-0.39, 0.29) is 24.0 Å². The first kappa shape index (κ1) is 21.8. The lowest BCUT2D eigenvalue weighted by Gasteiger charge is -2.32. The lowest BCUT2D eigenvalue weighted by Crippen LogP contribution is -2.44. The fourth-order valence-electron chi connectivity index (χ4n) is 3.33. The molecule has 0 unspecified atom stereocenters. The molecule has 1 fully saturated rings. The Kier molecular flexibility index (Phi) is 7.60. The summed E-state index contributed by atoms with van der Waals surface area (Å²) in [7, 11) is 0. The Morgan fingerprint density at radius 3 is 2.39 bits per heavy atom. The minimum atomic E-state index is -0.812. The number of rotatable bonds is 6. The molecular weight excluding hydrogens is 396 g/mol. The van der Waals surface area contributed by atoms with Gasteiger partial charge in [-0.3, -0.25) is 14.4 Å². The van der Waals surface area contributed by atoms with Gasteiger partial charge >= 0.3 is 11.8 Å². The van der Waals surface area contributed by atoms with Crippen molar-refractivity contribution in [2.24, 2.45) is 5.92 Å². The van der Waals surface area contributed by atoms with Crippen molar-refractivity contribution < 1.29 is 19.1 Å². The highest BCUT2D eigenvalue weighted by Crippen LogP contribution is 2.17. The summed E-state index contributed by atoms with van der Waals surface area (Å²) in [6, 6.07) is 17.6. The van der Waals surface area contributed by atoms with Crippen molar-refractivity contribution in [1.29, 1.82) is 5.26 Å². The molecule has 1 heterocycles. The van der Waals surface area contributed by atoms with Gasteiger partial charge in [-0.2, -0.15) is 5.26 Å². The Morgan fingerprint density at radius 1 is 1.00 bits per heavy atom. The molecule has 0 saturated carbocycles. The molecule has 1 saturated heterocycles. The maximum atomic E-state index is 12.3. The molecule has 3 rings (SSSR count). The van der Waals surface area contributed by atoms with Crippen molar-refractivity contribution >= 4 is 23.4 Å². The summed E-state index contributed by atoms with van der Waals surface area (Å²) in [6.45, 7) is 1.52. The van der Waals surface area contributed by atoms with Crippen LogP contribution in [0.1, 0.15) is 18.4 Å². The van der Waals surface area contributed by atoms with E-state index in [1.807, 2.05) is 24.3 Å². The molecule has 0 aliphatic carbocycles. The van der Waals surface area contributed by atoms with E-state index in [0.717, 1.165) is 12.8 Å². The van der Waals surface area contributed by atoms with Crippen LogP contribution in [0, 0.1) is 17.2 Å². The number of piperidine rings is 1. The van der Waals surface area contributed by atoms with Gasteiger partial charge in [-0.1, -0.05) is 30.3 Å². The standard InChI is InChI=1S/C23H24N4O4/c24-14-18-6-4-5-9-20(18)26-23(30)22(29)25-15-17-10-12-27(13-11-17)21(28)16-31-19-7-2-1-3-8-19/h1-9,17H,10-13,15-16H2,(H,25,29)(H,26,30). The predicted molar refractivity (Wildman–Crippen MR) is 114 cm³/mol. The molecular formula is C23H24N4O4. The summed E-state index contributed by atoms with van der Waals surface area (Å²) in [5.74, 6) is -0.788. The van der Waals surface area contributed by atoms with E-state index in [4.69, 9.17) is 10.00 Å². The number of hydrogen-bond donors (Lipinski definition) is 2. The van der Waals surface area contributed by atoms with E-state index in [9.17, 15) is 14.4 Å². The smallest absolute Gasteiger partial charge is 0.313 e. The minimum absolute atomic E-state index is 0.00421. The summed E-state index contributed by atoms with van der Waals surface area (Å²) in [6.07, 6.45) is 1.46. The molecule has 2 aromatic rings. The topological polar surface area (TPSA) is 112 Å². The van der Waals surface area contributed by atoms with Crippen molar-refractivity contribution in [3.05, 3.63) is 60.2 Å². The molecule has 0 aromatic heterocycles. The molecule has 2 aromatic carbocycles. The van der Waals surface area contributed by atoms with Gasteiger partial charge in [-0.25, -0.2) is 0 Å². The monoisotopic (exact) mass is 420 g/mol. The number of ether oxygens (including phenoxy) is 1. The molecule has 0 radical (unpaired) electrons. The summed E-state index contributed by atoms with van der Waals surface area (Å²) in [4.78, 5) is 38.3. The van der Waals surface area contributed by atoms with Crippen LogP contribution >= 0.6 is 0 Å². The first-order chi connectivity index (χ1) is 15.1. The molecule has 8 heteroatoms. The summed E-state index contributed by atoms with van der Waals surface area (Å²) in [5.41, 5.74) is 0.589. The maximum Gasteiger partial charge on any atom is 0.313 e. The van der Waals surface area contributed by atoms with E-state index in [0.29, 0.717) is 31.1 Å². The quantitative estimate of drug-likeness (QED) is 0.694. The molecule has 0 spiro atoms. The molecule has 0 atom stereocenters. The second-order valence-corrected chi connectivity index (χ2v) is 7.25. The van der Waals surface area contributed by atoms with Crippen LogP contribution in [0.15, 0.2) is 54.6 Å². The number of nitriles is 1. The number of amides is 3. The van der Waals surface area contributed by atoms with E-state index in [1.165, 1.54) is 0 Å². The van der Waals surface area contributed by atoms with Crippen LogP contribution < -0.4 is 15.4 Å². The number of carbonyl (C=O) groups is 3. The number of nitrogens with one attached hydrogen (secondary N) is 2. The first-order valence-electron chi connectivity index (χ1n) is 10.1. The van der Waals surface area contributed by atoms with Gasteiger partial charge < -0.3 is 20.3 Å².